The molecular weight excluding hydrogens is 526 g/mol. The Hall–Kier alpha value is -2.68. The Morgan fingerprint density at radius 2 is 1.86 bits per heavy atom. The molecule has 6 rings (SSSR count). The molecule has 0 amide bonds. The van der Waals surface area contributed by atoms with Crippen LogP contribution >= 0.6 is 28.3 Å². The molecule has 2 N–H and O–H groups in total. The number of phenols is 1. The van der Waals surface area contributed by atoms with Gasteiger partial charge in [0.05, 0.1) is 12.1 Å². The van der Waals surface area contributed by atoms with E-state index >= 15 is 0 Å². The largest absolute Gasteiger partial charge is 0.508 e. The van der Waals surface area contributed by atoms with Crippen molar-refractivity contribution < 1.29 is 5.11 Å². The first-order valence-corrected chi connectivity index (χ1v) is 12.8. The molecular formula is C27H28BrN3O3S. The fourth-order valence-corrected chi connectivity index (χ4v) is 6.79. The lowest BCUT2D eigenvalue weighted by Crippen LogP contribution is -2.41. The van der Waals surface area contributed by atoms with Crippen LogP contribution < -0.4 is 16.6 Å². The molecule has 0 saturated carbocycles. The van der Waals surface area contributed by atoms with Gasteiger partial charge in [-0.25, -0.2) is 4.79 Å². The number of rotatable bonds is 5. The molecule has 0 radical (unpaired) electrons. The molecule has 6 nitrogen and oxygen atoms in total. The van der Waals surface area contributed by atoms with E-state index in [0.717, 1.165) is 30.5 Å². The molecule has 8 heteroatoms. The van der Waals surface area contributed by atoms with E-state index < -0.39 is 0 Å². The molecule has 3 unspecified atom stereocenters. The first kappa shape index (κ1) is 24.0. The van der Waals surface area contributed by atoms with E-state index in [1.54, 1.807) is 10.6 Å². The summed E-state index contributed by atoms with van der Waals surface area (Å²) in [5, 5.41) is 15.9. The zero-order valence-corrected chi connectivity index (χ0v) is 21.8. The van der Waals surface area contributed by atoms with Gasteiger partial charge < -0.3 is 10.4 Å². The van der Waals surface area contributed by atoms with E-state index in [2.05, 4.69) is 11.4 Å². The summed E-state index contributed by atoms with van der Waals surface area (Å²) < 4.78 is 3.77. The van der Waals surface area contributed by atoms with Crippen LogP contribution in [-0.4, -0.2) is 26.8 Å². The number of fused-ring (bicyclic) bond motifs is 4. The maximum Gasteiger partial charge on any atom is 0.331 e. The standard InChI is InChI=1S/C27H27N3O3S.BrH/c31-23-8-4-7-20-19(23)10-9-18-15-28-21(24(18)20)11-13-29-26(32)25-22(12-14-34-25)30(27(29)33)16-17-5-2-1-3-6-17;/h1-8,12,14,18,21,24,28,31H,9-11,13,15-16H2;1H. The molecule has 2 aromatic heterocycles. The quantitative estimate of drug-likeness (QED) is 0.387. The van der Waals surface area contributed by atoms with Gasteiger partial charge in [0.15, 0.2) is 0 Å². The first-order chi connectivity index (χ1) is 16.6. The second-order valence-corrected chi connectivity index (χ2v) is 10.3. The summed E-state index contributed by atoms with van der Waals surface area (Å²) in [6.45, 7) is 1.74. The van der Waals surface area contributed by atoms with Gasteiger partial charge in [-0.2, -0.15) is 0 Å². The Bertz CT molecular complexity index is 1480. The normalized spacial score (nSPS) is 20.9. The van der Waals surface area contributed by atoms with E-state index in [0.29, 0.717) is 47.3 Å². The average Bonchev–Trinajstić information content (AvgIpc) is 3.50. The third kappa shape index (κ3) is 4.17. The molecule has 1 saturated heterocycles. The highest BCUT2D eigenvalue weighted by Crippen LogP contribution is 2.44. The highest BCUT2D eigenvalue weighted by atomic mass is 79.9. The van der Waals surface area contributed by atoms with Crippen molar-refractivity contribution in [3.05, 3.63) is 97.5 Å². The van der Waals surface area contributed by atoms with Crippen LogP contribution in [0.15, 0.2) is 69.6 Å². The van der Waals surface area contributed by atoms with Gasteiger partial charge in [0.25, 0.3) is 5.56 Å². The van der Waals surface area contributed by atoms with Crippen molar-refractivity contribution in [2.75, 3.05) is 6.54 Å². The molecule has 3 heterocycles. The van der Waals surface area contributed by atoms with E-state index in [4.69, 9.17) is 0 Å². The number of nitrogens with one attached hydrogen (secondary N) is 1. The molecule has 0 spiro atoms. The van der Waals surface area contributed by atoms with Gasteiger partial charge >= 0.3 is 5.69 Å². The van der Waals surface area contributed by atoms with Crippen LogP contribution in [0.5, 0.6) is 5.75 Å². The summed E-state index contributed by atoms with van der Waals surface area (Å²) in [6, 6.07) is 17.7. The van der Waals surface area contributed by atoms with Crippen molar-refractivity contribution in [1.82, 2.24) is 14.5 Å². The summed E-state index contributed by atoms with van der Waals surface area (Å²) in [6.07, 6.45) is 2.63. The van der Waals surface area contributed by atoms with E-state index in [-0.39, 0.29) is 34.3 Å². The van der Waals surface area contributed by atoms with E-state index in [9.17, 15) is 14.7 Å². The Morgan fingerprint density at radius 3 is 2.69 bits per heavy atom. The smallest absolute Gasteiger partial charge is 0.331 e. The van der Waals surface area contributed by atoms with Crippen molar-refractivity contribution in [2.24, 2.45) is 5.92 Å². The monoisotopic (exact) mass is 553 g/mol. The lowest BCUT2D eigenvalue weighted by Gasteiger charge is -2.31. The number of hydrogen-bond acceptors (Lipinski definition) is 5. The second-order valence-electron chi connectivity index (χ2n) is 9.42. The molecule has 1 fully saturated rings. The highest BCUT2D eigenvalue weighted by Gasteiger charge is 2.40. The number of aromatic hydroxyl groups is 1. The van der Waals surface area contributed by atoms with Crippen LogP contribution in [0.1, 0.15) is 35.4 Å². The van der Waals surface area contributed by atoms with Gasteiger partial charge in [0.2, 0.25) is 0 Å². The molecule has 2 aliphatic rings. The van der Waals surface area contributed by atoms with Gasteiger partial charge in [-0.15, -0.1) is 28.3 Å². The maximum atomic E-state index is 13.5. The summed E-state index contributed by atoms with van der Waals surface area (Å²) in [7, 11) is 0. The van der Waals surface area contributed by atoms with Crippen molar-refractivity contribution in [1.29, 1.82) is 0 Å². The molecule has 4 aromatic rings. The number of hydrogen-bond donors (Lipinski definition) is 2. The molecule has 0 bridgehead atoms. The highest BCUT2D eigenvalue weighted by molar-refractivity contribution is 8.93. The predicted octanol–water partition coefficient (Wildman–Crippen LogP) is 4.26. The third-order valence-electron chi connectivity index (χ3n) is 7.58. The lowest BCUT2D eigenvalue weighted by molar-refractivity contribution is 0.379. The Morgan fingerprint density at radius 1 is 1.03 bits per heavy atom. The first-order valence-electron chi connectivity index (χ1n) is 11.9. The molecule has 2 aromatic carbocycles. The van der Waals surface area contributed by atoms with Crippen LogP contribution in [0.3, 0.4) is 0 Å². The lowest BCUT2D eigenvalue weighted by atomic mass is 9.73. The molecule has 1 aliphatic heterocycles. The number of aromatic nitrogens is 2. The third-order valence-corrected chi connectivity index (χ3v) is 8.47. The molecule has 1 aliphatic carbocycles. The van der Waals surface area contributed by atoms with Gasteiger partial charge in [-0.1, -0.05) is 42.5 Å². The zero-order chi connectivity index (χ0) is 23.2. The van der Waals surface area contributed by atoms with Crippen LogP contribution in [-0.2, 0) is 19.5 Å². The summed E-state index contributed by atoms with van der Waals surface area (Å²) in [5.41, 5.74) is 3.55. The van der Waals surface area contributed by atoms with E-state index in [1.165, 1.54) is 21.5 Å². The number of nitrogens with zero attached hydrogens (tertiary/aromatic N) is 2. The van der Waals surface area contributed by atoms with Crippen LogP contribution in [0.2, 0.25) is 0 Å². The van der Waals surface area contributed by atoms with Crippen molar-refractivity contribution in [3.8, 4) is 5.75 Å². The summed E-state index contributed by atoms with van der Waals surface area (Å²) >= 11 is 1.39. The van der Waals surface area contributed by atoms with Gasteiger partial charge in [-0.3, -0.25) is 13.9 Å². The Balaban J connectivity index is 0.00000253. The Labute approximate surface area is 217 Å². The minimum Gasteiger partial charge on any atom is -0.508 e. The topological polar surface area (TPSA) is 76.3 Å². The van der Waals surface area contributed by atoms with Gasteiger partial charge in [0, 0.05) is 18.5 Å². The Kier molecular flexibility index (Phi) is 6.70. The maximum absolute atomic E-state index is 13.5. The van der Waals surface area contributed by atoms with Crippen LogP contribution in [0.4, 0.5) is 0 Å². The summed E-state index contributed by atoms with van der Waals surface area (Å²) in [4.78, 5) is 26.8. The minimum absolute atomic E-state index is 0. The SMILES string of the molecule is Br.O=c1c2sccc2n(Cc2ccccc2)c(=O)n1CCC1NCC2CCc3c(O)cccc3C21. The fraction of sp³-hybridized carbons (Fsp3) is 0.333. The number of halogens is 1. The van der Waals surface area contributed by atoms with Crippen LogP contribution in [0, 0.1) is 5.92 Å². The van der Waals surface area contributed by atoms with Gasteiger partial charge in [-0.05, 0) is 65.9 Å². The van der Waals surface area contributed by atoms with Crippen molar-refractivity contribution in [3.63, 3.8) is 0 Å². The fourth-order valence-electron chi connectivity index (χ4n) is 5.94. The summed E-state index contributed by atoms with van der Waals surface area (Å²) in [5.74, 6) is 1.19. The number of phenolic OH excluding ortho intramolecular Hbond substituents is 1. The van der Waals surface area contributed by atoms with Crippen molar-refractivity contribution in [2.45, 2.75) is 44.3 Å². The predicted molar refractivity (Wildman–Crippen MR) is 145 cm³/mol. The zero-order valence-electron chi connectivity index (χ0n) is 19.2. The number of benzene rings is 2. The van der Waals surface area contributed by atoms with Gasteiger partial charge in [0.1, 0.15) is 10.4 Å². The average molecular weight is 555 g/mol. The van der Waals surface area contributed by atoms with Crippen molar-refractivity contribution >= 4 is 38.5 Å². The minimum atomic E-state index is -0.254. The molecule has 182 valence electrons. The second kappa shape index (κ2) is 9.76. The van der Waals surface area contributed by atoms with Crippen LogP contribution in [0.25, 0.3) is 10.2 Å². The molecule has 35 heavy (non-hydrogen) atoms. The van der Waals surface area contributed by atoms with E-state index in [1.807, 2.05) is 47.8 Å². The number of thiophene rings is 1. The molecule has 3 atom stereocenters.